The van der Waals surface area contributed by atoms with Gasteiger partial charge in [0.15, 0.2) is 0 Å². The minimum absolute atomic E-state index is 0.00333. The Morgan fingerprint density at radius 3 is 2.71 bits per heavy atom. The van der Waals surface area contributed by atoms with Crippen LogP contribution in [0.5, 0.6) is 0 Å². The molecule has 14 atom stereocenters. The van der Waals surface area contributed by atoms with Crippen LogP contribution in [-0.2, 0) is 11.2 Å². The first kappa shape index (κ1) is 24.0. The lowest BCUT2D eigenvalue weighted by Crippen LogP contribution is -2.43. The molecule has 1 heterocycles. The van der Waals surface area contributed by atoms with Gasteiger partial charge in [-0.15, -0.1) is 0 Å². The number of benzene rings is 1. The summed E-state index contributed by atoms with van der Waals surface area (Å²) >= 11 is 0. The second-order valence-electron chi connectivity index (χ2n) is 14.8. The molecule has 38 heavy (non-hydrogen) atoms. The Labute approximate surface area is 229 Å². The minimum atomic E-state index is -0.322. The maximum atomic E-state index is 12.4. The number of rotatable bonds is 3. The van der Waals surface area contributed by atoms with Crippen molar-refractivity contribution in [2.75, 3.05) is 5.32 Å². The highest BCUT2D eigenvalue weighted by molar-refractivity contribution is 5.62. The van der Waals surface area contributed by atoms with Crippen LogP contribution in [0.3, 0.4) is 0 Å². The van der Waals surface area contributed by atoms with Crippen molar-refractivity contribution in [1.29, 1.82) is 0 Å². The molecular weight excluding hydrogens is 464 g/mol. The van der Waals surface area contributed by atoms with Crippen molar-refractivity contribution in [2.24, 2.45) is 76.2 Å². The van der Waals surface area contributed by atoms with Gasteiger partial charge in [-0.3, -0.25) is 0 Å². The van der Waals surface area contributed by atoms with Crippen LogP contribution in [0, 0.1) is 70.5 Å². The second kappa shape index (κ2) is 8.56. The maximum Gasteiger partial charge on any atom is 0.137 e. The number of nitrogens with two attached hydrogens (primary N) is 1. The van der Waals surface area contributed by atoms with Crippen LogP contribution in [0.25, 0.3) is 0 Å². The van der Waals surface area contributed by atoms with Gasteiger partial charge >= 0.3 is 0 Å². The Kier molecular flexibility index (Phi) is 5.40. The first-order valence-electron chi connectivity index (χ1n) is 15.9. The summed E-state index contributed by atoms with van der Waals surface area (Å²) in [4.78, 5) is 12.4. The molecule has 0 amide bonds. The third-order valence-corrected chi connectivity index (χ3v) is 13.5. The van der Waals surface area contributed by atoms with E-state index in [4.69, 9.17) is 5.73 Å². The van der Waals surface area contributed by atoms with Gasteiger partial charge in [-0.2, -0.15) is 0 Å². The summed E-state index contributed by atoms with van der Waals surface area (Å²) in [5.74, 6) is 7.74. The summed E-state index contributed by atoms with van der Waals surface area (Å²) in [5.41, 5.74) is 11.2. The number of fused-ring (bicyclic) bond motifs is 9. The monoisotopic (exact) mass is 510 g/mol. The molecule has 3 N–H and O–H groups in total. The molecule has 5 fully saturated rings. The number of carbonyl (C=O) groups excluding carboxylic acids is 1. The number of carbonyl (C=O) groups is 1. The molecule has 1 aromatic carbocycles. The zero-order valence-electron chi connectivity index (χ0n) is 23.1. The molecule has 202 valence electrons. The highest BCUT2D eigenvalue weighted by atomic mass is 16.1. The number of aryl methyl sites for hydroxylation is 1. The van der Waals surface area contributed by atoms with E-state index in [0.717, 1.165) is 48.2 Å². The summed E-state index contributed by atoms with van der Waals surface area (Å²) in [6.45, 7) is 6.97. The molecule has 1 aliphatic heterocycles. The van der Waals surface area contributed by atoms with E-state index in [0.29, 0.717) is 35.6 Å². The van der Waals surface area contributed by atoms with Crippen molar-refractivity contribution in [3.8, 4) is 0 Å². The summed E-state index contributed by atoms with van der Waals surface area (Å²) in [6.07, 6.45) is 17.9. The molecular formula is C35H46N2O. The third kappa shape index (κ3) is 3.20. The van der Waals surface area contributed by atoms with Gasteiger partial charge in [0.2, 0.25) is 0 Å². The minimum Gasteiger partial charge on any atom is -0.382 e. The van der Waals surface area contributed by atoms with Crippen LogP contribution in [0.1, 0.15) is 63.9 Å². The van der Waals surface area contributed by atoms with Crippen molar-refractivity contribution in [3.63, 3.8) is 0 Å². The zero-order valence-corrected chi connectivity index (χ0v) is 23.1. The largest absolute Gasteiger partial charge is 0.382 e. The van der Waals surface area contributed by atoms with E-state index in [1.165, 1.54) is 68.2 Å². The summed E-state index contributed by atoms with van der Waals surface area (Å²) in [7, 11) is 0. The maximum absolute atomic E-state index is 12.4. The molecule has 0 spiro atoms. The van der Waals surface area contributed by atoms with E-state index < -0.39 is 0 Å². The van der Waals surface area contributed by atoms with E-state index in [1.54, 1.807) is 0 Å². The molecule has 3 nitrogen and oxygen atoms in total. The zero-order chi connectivity index (χ0) is 25.8. The van der Waals surface area contributed by atoms with Crippen LogP contribution in [-0.4, -0.2) is 18.4 Å². The molecule has 1 aromatic rings. The number of anilines is 1. The Balaban J connectivity index is 1.07. The van der Waals surface area contributed by atoms with Crippen molar-refractivity contribution in [3.05, 3.63) is 54.1 Å². The normalized spacial score (nSPS) is 50.7. The Hall–Kier alpha value is -1.87. The van der Waals surface area contributed by atoms with E-state index in [-0.39, 0.29) is 11.5 Å². The van der Waals surface area contributed by atoms with Gasteiger partial charge in [-0.25, -0.2) is 0 Å². The van der Waals surface area contributed by atoms with Gasteiger partial charge in [0.25, 0.3) is 0 Å². The number of aldehydes is 1. The van der Waals surface area contributed by atoms with E-state index >= 15 is 0 Å². The fraction of sp³-hybridized carbons (Fsp3) is 0.686. The predicted octanol–water partition coefficient (Wildman–Crippen LogP) is 6.65. The lowest BCUT2D eigenvalue weighted by molar-refractivity contribution is -0.111. The first-order chi connectivity index (χ1) is 18.5. The molecule has 5 saturated carbocycles. The van der Waals surface area contributed by atoms with Crippen LogP contribution >= 0.6 is 0 Å². The number of nitrogens with one attached hydrogen (secondary N) is 1. The molecule has 0 saturated heterocycles. The summed E-state index contributed by atoms with van der Waals surface area (Å²) in [5, 5.41) is 4.07. The standard InChI is InChI=1S/C35H46N2O/c1-19-13-26-20(2)7-12-30-33(28(26)14-19)35(30,32(36)18-38)24-10-11-25-23(15-24)17-29-27(25)16-22-9-8-21-5-3-4-6-31(21)37-34(22)29/h3-6,10-11,18-19,22-30,32-34,37H,2,7-9,12-17,36H2,1H3/t19-,22-,23+,24-,25+,26+,27-,28+,29+,30+,32+,33-,34+,35+/m0/s1. The van der Waals surface area contributed by atoms with Crippen LogP contribution < -0.4 is 11.1 Å². The van der Waals surface area contributed by atoms with Gasteiger partial charge in [0, 0.05) is 17.1 Å². The van der Waals surface area contributed by atoms with E-state index in [1.807, 2.05) is 0 Å². The fourth-order valence-corrected chi connectivity index (χ4v) is 12.1. The van der Waals surface area contributed by atoms with Gasteiger partial charge in [-0.05, 0) is 135 Å². The van der Waals surface area contributed by atoms with Crippen LogP contribution in [0.2, 0.25) is 0 Å². The Morgan fingerprint density at radius 1 is 1.00 bits per heavy atom. The Bertz CT molecular complexity index is 1170. The van der Waals surface area contributed by atoms with Gasteiger partial charge in [0.05, 0.1) is 6.04 Å². The van der Waals surface area contributed by atoms with Gasteiger partial charge < -0.3 is 15.8 Å². The number of allylic oxidation sites excluding steroid dienone is 3. The Morgan fingerprint density at radius 2 is 1.84 bits per heavy atom. The quantitative estimate of drug-likeness (QED) is 0.354. The molecule has 0 aromatic heterocycles. The molecule has 0 radical (unpaired) electrons. The first-order valence-corrected chi connectivity index (χ1v) is 15.9. The molecule has 8 rings (SSSR count). The van der Waals surface area contributed by atoms with Crippen molar-refractivity contribution < 1.29 is 4.79 Å². The van der Waals surface area contributed by atoms with Crippen LogP contribution in [0.4, 0.5) is 5.69 Å². The summed E-state index contributed by atoms with van der Waals surface area (Å²) < 4.78 is 0. The van der Waals surface area contributed by atoms with Gasteiger partial charge in [-0.1, -0.05) is 49.4 Å². The van der Waals surface area contributed by atoms with E-state index in [9.17, 15) is 4.79 Å². The number of hydrogen-bond acceptors (Lipinski definition) is 3. The molecule has 3 heteroatoms. The average Bonchev–Trinajstić information content (AvgIpc) is 3.15. The SMILES string of the molecule is C=C1CC[C@@H]2[C@H]([C@@H]3C[C@@H](C)C[C@H]13)[C@]2([C@H](N)C=O)[C@H]1C=C[C@@H]2[C@@H](C[C@@H]3[C@H]2C[C@@H]2CCc4ccccc4N[C@H]23)C1. The van der Waals surface area contributed by atoms with Crippen molar-refractivity contribution in [2.45, 2.75) is 76.8 Å². The lowest BCUT2D eigenvalue weighted by atomic mass is 9.66. The third-order valence-electron chi connectivity index (χ3n) is 13.5. The van der Waals surface area contributed by atoms with Gasteiger partial charge in [0.1, 0.15) is 6.29 Å². The number of para-hydroxylation sites is 1. The van der Waals surface area contributed by atoms with Crippen LogP contribution in [0.15, 0.2) is 48.6 Å². The fourth-order valence-electron chi connectivity index (χ4n) is 12.1. The number of hydrogen-bond donors (Lipinski definition) is 2. The smallest absolute Gasteiger partial charge is 0.137 e. The molecule has 0 unspecified atom stereocenters. The molecule has 6 aliphatic carbocycles. The topological polar surface area (TPSA) is 55.1 Å². The predicted molar refractivity (Wildman–Crippen MR) is 153 cm³/mol. The highest BCUT2D eigenvalue weighted by Gasteiger charge is 2.74. The lowest BCUT2D eigenvalue weighted by Gasteiger charge is -2.39. The summed E-state index contributed by atoms with van der Waals surface area (Å²) in [6, 6.07) is 9.32. The molecule has 0 bridgehead atoms. The highest BCUT2D eigenvalue weighted by Crippen LogP contribution is 2.76. The average molecular weight is 511 g/mol. The van der Waals surface area contributed by atoms with Crippen molar-refractivity contribution in [1.82, 2.24) is 0 Å². The van der Waals surface area contributed by atoms with E-state index in [2.05, 4.69) is 55.2 Å². The second-order valence-corrected chi connectivity index (χ2v) is 14.8. The van der Waals surface area contributed by atoms with Crippen molar-refractivity contribution >= 4 is 12.0 Å². The molecule has 7 aliphatic rings.